The average molecular weight is 283 g/mol. The van der Waals surface area contributed by atoms with Gasteiger partial charge in [0.05, 0.1) is 11.4 Å². The summed E-state index contributed by atoms with van der Waals surface area (Å²) in [5, 5.41) is 6.05. The second kappa shape index (κ2) is 6.31. The van der Waals surface area contributed by atoms with Gasteiger partial charge in [0.25, 0.3) is 5.91 Å². The first-order valence-electron chi connectivity index (χ1n) is 7.02. The van der Waals surface area contributed by atoms with E-state index in [9.17, 15) is 4.79 Å². The fourth-order valence-electron chi connectivity index (χ4n) is 2.28. The summed E-state index contributed by atoms with van der Waals surface area (Å²) < 4.78 is 0. The van der Waals surface area contributed by atoms with Gasteiger partial charge in [-0.2, -0.15) is 0 Å². The summed E-state index contributed by atoms with van der Waals surface area (Å²) in [6.45, 7) is 6.60. The molecule has 0 radical (unpaired) electrons. The summed E-state index contributed by atoms with van der Waals surface area (Å²) in [4.78, 5) is 11.8. The van der Waals surface area contributed by atoms with Crippen LogP contribution in [0.4, 0.5) is 17.1 Å². The van der Waals surface area contributed by atoms with Gasteiger partial charge in [0, 0.05) is 17.8 Å². The summed E-state index contributed by atoms with van der Waals surface area (Å²) in [7, 11) is 0. The Hall–Kier alpha value is -2.49. The highest BCUT2D eigenvalue weighted by atomic mass is 16.1. The van der Waals surface area contributed by atoms with E-state index in [-0.39, 0.29) is 5.91 Å². The minimum absolute atomic E-state index is 0.109. The molecule has 0 heterocycles. The van der Waals surface area contributed by atoms with E-state index in [1.165, 1.54) is 11.1 Å². The summed E-state index contributed by atoms with van der Waals surface area (Å²) in [5.74, 6) is -0.109. The van der Waals surface area contributed by atoms with Gasteiger partial charge >= 0.3 is 0 Å². The number of benzene rings is 2. The van der Waals surface area contributed by atoms with Gasteiger partial charge in [-0.15, -0.1) is 0 Å². The van der Waals surface area contributed by atoms with Crippen molar-refractivity contribution >= 4 is 23.0 Å². The number of nitrogen functional groups attached to an aromatic ring is 1. The molecule has 0 aliphatic rings. The zero-order valence-corrected chi connectivity index (χ0v) is 12.7. The molecule has 0 atom stereocenters. The van der Waals surface area contributed by atoms with Gasteiger partial charge in [-0.3, -0.25) is 4.79 Å². The maximum Gasteiger partial charge on any atom is 0.251 e. The number of hydrogen-bond acceptors (Lipinski definition) is 3. The van der Waals surface area contributed by atoms with Crippen LogP contribution < -0.4 is 16.4 Å². The first-order valence-corrected chi connectivity index (χ1v) is 7.02. The van der Waals surface area contributed by atoms with Crippen LogP contribution in [0.3, 0.4) is 0 Å². The number of amides is 1. The van der Waals surface area contributed by atoms with Crippen LogP contribution in [-0.2, 0) is 0 Å². The SMILES string of the molecule is CCNC(=O)c1ccc(Nc2cc(C)cc(C)c2)c(N)c1. The minimum Gasteiger partial charge on any atom is -0.397 e. The van der Waals surface area contributed by atoms with Gasteiger partial charge < -0.3 is 16.4 Å². The van der Waals surface area contributed by atoms with E-state index in [1.54, 1.807) is 12.1 Å². The molecule has 0 bridgehead atoms. The van der Waals surface area contributed by atoms with Crippen LogP contribution in [-0.4, -0.2) is 12.5 Å². The molecular weight excluding hydrogens is 262 g/mol. The van der Waals surface area contributed by atoms with Crippen LogP contribution in [0.2, 0.25) is 0 Å². The Morgan fingerprint density at radius 3 is 2.33 bits per heavy atom. The van der Waals surface area contributed by atoms with Crippen LogP contribution in [0.5, 0.6) is 0 Å². The Balaban J connectivity index is 2.23. The number of aryl methyl sites for hydroxylation is 2. The van der Waals surface area contributed by atoms with E-state index in [0.717, 1.165) is 11.4 Å². The van der Waals surface area contributed by atoms with Gasteiger partial charge in [-0.25, -0.2) is 0 Å². The quantitative estimate of drug-likeness (QED) is 0.754. The highest BCUT2D eigenvalue weighted by Crippen LogP contribution is 2.25. The van der Waals surface area contributed by atoms with Crippen LogP contribution in [0.1, 0.15) is 28.4 Å². The molecule has 4 nitrogen and oxygen atoms in total. The van der Waals surface area contributed by atoms with E-state index in [2.05, 4.69) is 42.7 Å². The Morgan fingerprint density at radius 2 is 1.76 bits per heavy atom. The van der Waals surface area contributed by atoms with Crippen molar-refractivity contribution in [1.82, 2.24) is 5.32 Å². The van der Waals surface area contributed by atoms with Gasteiger partial charge in [0.2, 0.25) is 0 Å². The molecule has 0 aliphatic heterocycles. The number of nitrogens with one attached hydrogen (secondary N) is 2. The third-order valence-electron chi connectivity index (χ3n) is 3.15. The molecule has 4 heteroatoms. The third-order valence-corrected chi connectivity index (χ3v) is 3.15. The van der Waals surface area contributed by atoms with Crippen molar-refractivity contribution in [3.05, 3.63) is 53.1 Å². The van der Waals surface area contributed by atoms with Crippen LogP contribution in [0.15, 0.2) is 36.4 Å². The Bertz CT molecular complexity index is 645. The minimum atomic E-state index is -0.109. The lowest BCUT2D eigenvalue weighted by molar-refractivity contribution is 0.0956. The van der Waals surface area contributed by atoms with Crippen molar-refractivity contribution in [2.45, 2.75) is 20.8 Å². The molecule has 0 fully saturated rings. The topological polar surface area (TPSA) is 67.2 Å². The second-order valence-electron chi connectivity index (χ2n) is 5.16. The summed E-state index contributed by atoms with van der Waals surface area (Å²) in [5.41, 5.74) is 11.3. The predicted octanol–water partition coefficient (Wildman–Crippen LogP) is 3.38. The van der Waals surface area contributed by atoms with Gasteiger partial charge in [-0.05, 0) is 62.2 Å². The largest absolute Gasteiger partial charge is 0.397 e. The normalized spacial score (nSPS) is 10.2. The summed E-state index contributed by atoms with van der Waals surface area (Å²) >= 11 is 0. The fraction of sp³-hybridized carbons (Fsp3) is 0.235. The standard InChI is InChI=1S/C17H21N3O/c1-4-19-17(21)13-5-6-16(15(18)10-13)20-14-8-11(2)7-12(3)9-14/h5-10,20H,4,18H2,1-3H3,(H,19,21). The maximum absolute atomic E-state index is 11.8. The fourth-order valence-corrected chi connectivity index (χ4v) is 2.28. The predicted molar refractivity (Wildman–Crippen MR) is 88.1 cm³/mol. The van der Waals surface area contributed by atoms with E-state index in [4.69, 9.17) is 5.73 Å². The molecular formula is C17H21N3O. The lowest BCUT2D eigenvalue weighted by Gasteiger charge is -2.12. The van der Waals surface area contributed by atoms with Crippen LogP contribution >= 0.6 is 0 Å². The highest BCUT2D eigenvalue weighted by molar-refractivity contribution is 5.96. The molecule has 0 aromatic heterocycles. The molecule has 4 N–H and O–H groups in total. The van der Waals surface area contributed by atoms with Crippen LogP contribution in [0.25, 0.3) is 0 Å². The smallest absolute Gasteiger partial charge is 0.251 e. The number of carbonyl (C=O) groups is 1. The molecule has 0 saturated carbocycles. The van der Waals surface area contributed by atoms with Gasteiger partial charge in [0.15, 0.2) is 0 Å². The van der Waals surface area contributed by atoms with Gasteiger partial charge in [-0.1, -0.05) is 6.07 Å². The van der Waals surface area contributed by atoms with Gasteiger partial charge in [0.1, 0.15) is 0 Å². The van der Waals surface area contributed by atoms with Crippen molar-refractivity contribution in [3.8, 4) is 0 Å². The molecule has 2 aromatic rings. The molecule has 2 rings (SSSR count). The molecule has 0 aliphatic carbocycles. The number of rotatable bonds is 4. The summed E-state index contributed by atoms with van der Waals surface area (Å²) in [6, 6.07) is 11.5. The lowest BCUT2D eigenvalue weighted by atomic mass is 10.1. The average Bonchev–Trinajstić information content (AvgIpc) is 2.40. The molecule has 1 amide bonds. The number of hydrogen-bond donors (Lipinski definition) is 3. The lowest BCUT2D eigenvalue weighted by Crippen LogP contribution is -2.22. The van der Waals surface area contributed by atoms with Crippen LogP contribution in [0, 0.1) is 13.8 Å². The Morgan fingerprint density at radius 1 is 1.10 bits per heavy atom. The number of carbonyl (C=O) groups excluding carboxylic acids is 1. The maximum atomic E-state index is 11.8. The zero-order valence-electron chi connectivity index (χ0n) is 12.7. The molecule has 21 heavy (non-hydrogen) atoms. The summed E-state index contributed by atoms with van der Waals surface area (Å²) in [6.07, 6.45) is 0. The molecule has 110 valence electrons. The number of anilines is 3. The van der Waals surface area contributed by atoms with E-state index in [1.807, 2.05) is 13.0 Å². The third kappa shape index (κ3) is 3.75. The van der Waals surface area contributed by atoms with Crippen molar-refractivity contribution in [1.29, 1.82) is 0 Å². The first kappa shape index (κ1) is 14.9. The molecule has 2 aromatic carbocycles. The van der Waals surface area contributed by atoms with Crippen molar-refractivity contribution < 1.29 is 4.79 Å². The Labute approximate surface area is 125 Å². The van der Waals surface area contributed by atoms with E-state index >= 15 is 0 Å². The van der Waals surface area contributed by atoms with Crippen molar-refractivity contribution in [2.75, 3.05) is 17.6 Å². The van der Waals surface area contributed by atoms with Crippen molar-refractivity contribution in [2.24, 2.45) is 0 Å². The van der Waals surface area contributed by atoms with Crippen molar-refractivity contribution in [3.63, 3.8) is 0 Å². The first-order chi connectivity index (χ1) is 9.99. The molecule has 0 spiro atoms. The second-order valence-corrected chi connectivity index (χ2v) is 5.16. The van der Waals surface area contributed by atoms with E-state index in [0.29, 0.717) is 17.8 Å². The zero-order chi connectivity index (χ0) is 15.4. The molecule has 0 unspecified atom stereocenters. The van der Waals surface area contributed by atoms with E-state index < -0.39 is 0 Å². The monoisotopic (exact) mass is 283 g/mol. The Kier molecular flexibility index (Phi) is 4.48. The number of nitrogens with two attached hydrogens (primary N) is 1. The molecule has 0 saturated heterocycles. The highest BCUT2D eigenvalue weighted by Gasteiger charge is 2.07.